The molecule has 0 fully saturated rings. The fourth-order valence-corrected chi connectivity index (χ4v) is 2.77. The maximum absolute atomic E-state index is 6.26. The first-order chi connectivity index (χ1) is 12.0. The largest absolute Gasteiger partial charge is 0.491 e. The zero-order valence-corrected chi connectivity index (χ0v) is 15.5. The summed E-state index contributed by atoms with van der Waals surface area (Å²) in [7, 11) is 4.03. The van der Waals surface area contributed by atoms with Gasteiger partial charge in [0.2, 0.25) is 0 Å². The van der Waals surface area contributed by atoms with E-state index < -0.39 is 0 Å². The Morgan fingerprint density at radius 3 is 2.72 bits per heavy atom. The van der Waals surface area contributed by atoms with E-state index >= 15 is 0 Å². The van der Waals surface area contributed by atoms with E-state index in [9.17, 15) is 0 Å². The van der Waals surface area contributed by atoms with Gasteiger partial charge in [-0.05, 0) is 45.3 Å². The first kappa shape index (κ1) is 17.5. The normalized spacial score (nSPS) is 11.1. The molecule has 0 amide bonds. The maximum Gasteiger partial charge on any atom is 0.140 e. The lowest BCUT2D eigenvalue weighted by atomic mass is 10.1. The van der Waals surface area contributed by atoms with Crippen LogP contribution in [0.4, 0.5) is 11.4 Å². The Hall–Kier alpha value is -2.30. The summed E-state index contributed by atoms with van der Waals surface area (Å²) in [5.41, 5.74) is 3.89. The second-order valence-electron chi connectivity index (χ2n) is 6.25. The predicted octanol–water partition coefficient (Wildman–Crippen LogP) is 4.88. The molecule has 0 radical (unpaired) electrons. The summed E-state index contributed by atoms with van der Waals surface area (Å²) in [6.07, 6.45) is 0. The van der Waals surface area contributed by atoms with Gasteiger partial charge in [0.05, 0.1) is 10.5 Å². The standard InChI is InChI=1S/C20H22ClN3O/c1-14-12-19(16-6-4-5-7-18(16)22-14)23-15-8-9-17(21)20(13-15)25-11-10-24(2)3/h4-9,12-13H,10-11H2,1-3H3,(H,22,23). The molecule has 3 rings (SSSR count). The number of anilines is 2. The minimum Gasteiger partial charge on any atom is -0.491 e. The number of rotatable bonds is 6. The third-order valence-electron chi connectivity index (χ3n) is 3.85. The molecule has 25 heavy (non-hydrogen) atoms. The van der Waals surface area contributed by atoms with E-state index in [1.54, 1.807) is 0 Å². The van der Waals surface area contributed by atoms with Crippen LogP contribution in [0.1, 0.15) is 5.69 Å². The van der Waals surface area contributed by atoms with Crippen LogP contribution >= 0.6 is 11.6 Å². The number of nitrogens with zero attached hydrogens (tertiary/aromatic N) is 2. The number of halogens is 1. The van der Waals surface area contributed by atoms with Gasteiger partial charge in [0, 0.05) is 35.1 Å². The number of fused-ring (bicyclic) bond motifs is 1. The highest BCUT2D eigenvalue weighted by atomic mass is 35.5. The highest BCUT2D eigenvalue weighted by molar-refractivity contribution is 6.32. The summed E-state index contributed by atoms with van der Waals surface area (Å²) in [6.45, 7) is 3.42. The number of pyridine rings is 1. The average Bonchev–Trinajstić information content (AvgIpc) is 2.57. The van der Waals surface area contributed by atoms with Crippen molar-refractivity contribution in [1.82, 2.24) is 9.88 Å². The molecule has 0 atom stereocenters. The van der Waals surface area contributed by atoms with E-state index in [0.717, 1.165) is 34.5 Å². The summed E-state index contributed by atoms with van der Waals surface area (Å²) in [6, 6.07) is 15.9. The van der Waals surface area contributed by atoms with Crippen molar-refractivity contribution in [2.75, 3.05) is 32.6 Å². The second-order valence-corrected chi connectivity index (χ2v) is 6.66. The quantitative estimate of drug-likeness (QED) is 0.683. The zero-order chi connectivity index (χ0) is 17.8. The molecule has 1 heterocycles. The molecule has 4 nitrogen and oxygen atoms in total. The Labute approximate surface area is 153 Å². The van der Waals surface area contributed by atoms with Gasteiger partial charge in [-0.3, -0.25) is 4.98 Å². The summed E-state index contributed by atoms with van der Waals surface area (Å²) in [5, 5.41) is 5.16. The molecule has 0 bridgehead atoms. The van der Waals surface area contributed by atoms with Crippen molar-refractivity contribution in [1.29, 1.82) is 0 Å². The fourth-order valence-electron chi connectivity index (χ4n) is 2.60. The molecule has 0 unspecified atom stereocenters. The van der Waals surface area contributed by atoms with Crippen LogP contribution < -0.4 is 10.1 Å². The third kappa shape index (κ3) is 4.41. The van der Waals surface area contributed by atoms with Crippen LogP contribution in [0, 0.1) is 6.92 Å². The van der Waals surface area contributed by atoms with E-state index in [0.29, 0.717) is 17.4 Å². The number of hydrogen-bond acceptors (Lipinski definition) is 4. The summed E-state index contributed by atoms with van der Waals surface area (Å²) < 4.78 is 5.81. The van der Waals surface area contributed by atoms with E-state index in [1.807, 2.05) is 63.5 Å². The Bertz CT molecular complexity index is 880. The number of nitrogens with one attached hydrogen (secondary N) is 1. The predicted molar refractivity (Wildman–Crippen MR) is 105 cm³/mol. The Morgan fingerprint density at radius 2 is 1.92 bits per heavy atom. The van der Waals surface area contributed by atoms with Gasteiger partial charge in [-0.1, -0.05) is 29.8 Å². The van der Waals surface area contributed by atoms with Gasteiger partial charge in [-0.15, -0.1) is 0 Å². The molecule has 0 aliphatic heterocycles. The number of aryl methyl sites for hydroxylation is 1. The van der Waals surface area contributed by atoms with Crippen LogP contribution in [-0.4, -0.2) is 37.1 Å². The van der Waals surface area contributed by atoms with E-state index in [2.05, 4.69) is 21.3 Å². The smallest absolute Gasteiger partial charge is 0.140 e. The Balaban J connectivity index is 1.86. The lowest BCUT2D eigenvalue weighted by molar-refractivity contribution is 0.261. The highest BCUT2D eigenvalue weighted by Crippen LogP contribution is 2.31. The van der Waals surface area contributed by atoms with Crippen LogP contribution in [0.25, 0.3) is 10.9 Å². The molecule has 1 N–H and O–H groups in total. The number of para-hydroxylation sites is 1. The molecular formula is C20H22ClN3O. The van der Waals surface area contributed by atoms with Crippen molar-refractivity contribution in [3.8, 4) is 5.75 Å². The van der Waals surface area contributed by atoms with Crippen LogP contribution in [0.2, 0.25) is 5.02 Å². The van der Waals surface area contributed by atoms with Gasteiger partial charge in [-0.25, -0.2) is 0 Å². The molecule has 2 aromatic carbocycles. The minimum absolute atomic E-state index is 0.591. The molecule has 5 heteroatoms. The molecule has 0 saturated heterocycles. The van der Waals surface area contributed by atoms with E-state index in [1.165, 1.54) is 0 Å². The lowest BCUT2D eigenvalue weighted by Gasteiger charge is -2.15. The van der Waals surface area contributed by atoms with Gasteiger partial charge in [0.15, 0.2) is 0 Å². The van der Waals surface area contributed by atoms with Crippen LogP contribution in [-0.2, 0) is 0 Å². The molecule has 0 saturated carbocycles. The minimum atomic E-state index is 0.591. The highest BCUT2D eigenvalue weighted by Gasteiger charge is 2.07. The van der Waals surface area contributed by atoms with Crippen LogP contribution in [0.3, 0.4) is 0 Å². The van der Waals surface area contributed by atoms with Gasteiger partial charge >= 0.3 is 0 Å². The van der Waals surface area contributed by atoms with Crippen molar-refractivity contribution >= 4 is 33.9 Å². The van der Waals surface area contributed by atoms with E-state index in [4.69, 9.17) is 16.3 Å². The van der Waals surface area contributed by atoms with Gasteiger partial charge in [0.25, 0.3) is 0 Å². The number of benzene rings is 2. The lowest BCUT2D eigenvalue weighted by Crippen LogP contribution is -2.19. The molecule has 1 aromatic heterocycles. The first-order valence-electron chi connectivity index (χ1n) is 8.23. The molecule has 130 valence electrons. The van der Waals surface area contributed by atoms with Crippen LogP contribution in [0.15, 0.2) is 48.5 Å². The fraction of sp³-hybridized carbons (Fsp3) is 0.250. The Morgan fingerprint density at radius 1 is 1.12 bits per heavy atom. The summed E-state index contributed by atoms with van der Waals surface area (Å²) in [5.74, 6) is 0.684. The number of aromatic nitrogens is 1. The maximum atomic E-state index is 6.26. The monoisotopic (exact) mass is 355 g/mol. The zero-order valence-electron chi connectivity index (χ0n) is 14.7. The molecule has 0 aliphatic carbocycles. The van der Waals surface area contributed by atoms with E-state index in [-0.39, 0.29) is 0 Å². The first-order valence-corrected chi connectivity index (χ1v) is 8.61. The number of likely N-dealkylation sites (N-methyl/N-ethyl adjacent to an activating group) is 1. The molecular weight excluding hydrogens is 334 g/mol. The number of ether oxygens (including phenoxy) is 1. The van der Waals surface area contributed by atoms with Crippen LogP contribution in [0.5, 0.6) is 5.75 Å². The van der Waals surface area contributed by atoms with Gasteiger partial charge in [0.1, 0.15) is 12.4 Å². The van der Waals surface area contributed by atoms with Gasteiger partial charge in [-0.2, -0.15) is 0 Å². The van der Waals surface area contributed by atoms with Crippen molar-refractivity contribution in [3.05, 3.63) is 59.2 Å². The SMILES string of the molecule is Cc1cc(Nc2ccc(Cl)c(OCCN(C)C)c2)c2ccccc2n1. The average molecular weight is 356 g/mol. The third-order valence-corrected chi connectivity index (χ3v) is 4.16. The van der Waals surface area contributed by atoms with Gasteiger partial charge < -0.3 is 15.0 Å². The Kier molecular flexibility index (Phi) is 5.41. The van der Waals surface area contributed by atoms with Crippen molar-refractivity contribution in [2.24, 2.45) is 0 Å². The topological polar surface area (TPSA) is 37.4 Å². The molecule has 0 spiro atoms. The van der Waals surface area contributed by atoms with Crippen molar-refractivity contribution < 1.29 is 4.74 Å². The van der Waals surface area contributed by atoms with Crippen molar-refractivity contribution in [3.63, 3.8) is 0 Å². The molecule has 0 aliphatic rings. The molecule has 3 aromatic rings. The van der Waals surface area contributed by atoms with Crippen molar-refractivity contribution in [2.45, 2.75) is 6.92 Å². The second kappa shape index (κ2) is 7.72. The summed E-state index contributed by atoms with van der Waals surface area (Å²) >= 11 is 6.26. The summed E-state index contributed by atoms with van der Waals surface area (Å²) in [4.78, 5) is 6.65. The number of hydrogen-bond donors (Lipinski definition) is 1.